The van der Waals surface area contributed by atoms with Gasteiger partial charge in [-0.25, -0.2) is 0 Å². The van der Waals surface area contributed by atoms with Crippen LogP contribution in [0.2, 0.25) is 0 Å². The zero-order chi connectivity index (χ0) is 10.8. The summed E-state index contributed by atoms with van der Waals surface area (Å²) < 4.78 is 21.8. The van der Waals surface area contributed by atoms with Gasteiger partial charge >= 0.3 is 7.60 Å². The van der Waals surface area contributed by atoms with E-state index in [9.17, 15) is 9.36 Å². The summed E-state index contributed by atoms with van der Waals surface area (Å²) >= 11 is 0. The predicted octanol–water partition coefficient (Wildman–Crippen LogP) is 2.36. The fourth-order valence-electron chi connectivity index (χ4n) is 1.00. The van der Waals surface area contributed by atoms with Gasteiger partial charge in [-0.05, 0) is 12.5 Å². The molecule has 0 spiro atoms. The van der Waals surface area contributed by atoms with Crippen LogP contribution in [0.1, 0.15) is 20.3 Å². The van der Waals surface area contributed by atoms with Gasteiger partial charge in [-0.1, -0.05) is 20.4 Å². The van der Waals surface area contributed by atoms with Crippen molar-refractivity contribution in [3.05, 3.63) is 12.7 Å². The van der Waals surface area contributed by atoms with Gasteiger partial charge in [0.15, 0.2) is 0 Å². The van der Waals surface area contributed by atoms with Gasteiger partial charge in [0.2, 0.25) is 0 Å². The largest absolute Gasteiger partial charge is 0.401 e. The molecule has 0 radical (unpaired) electrons. The van der Waals surface area contributed by atoms with E-state index in [4.69, 9.17) is 9.05 Å². The molecular formula is C9H15O4P. The van der Waals surface area contributed by atoms with E-state index in [0.29, 0.717) is 13.2 Å². The molecule has 0 unspecified atom stereocenters. The fraction of sp³-hybridized carbons (Fsp3) is 0.667. The maximum atomic E-state index is 11.7. The van der Waals surface area contributed by atoms with Crippen molar-refractivity contribution in [2.45, 2.75) is 20.3 Å². The van der Waals surface area contributed by atoms with Crippen molar-refractivity contribution in [3.8, 4) is 0 Å². The molecule has 0 aromatic rings. The summed E-state index contributed by atoms with van der Waals surface area (Å²) in [7, 11) is -3.55. The van der Waals surface area contributed by atoms with Crippen molar-refractivity contribution in [1.29, 1.82) is 0 Å². The molecule has 0 atom stereocenters. The van der Waals surface area contributed by atoms with Crippen molar-refractivity contribution < 1.29 is 18.4 Å². The lowest BCUT2D eigenvalue weighted by Gasteiger charge is -2.34. The Bertz CT molecular complexity index is 285. The summed E-state index contributed by atoms with van der Waals surface area (Å²) in [6, 6.07) is 0. The van der Waals surface area contributed by atoms with Crippen LogP contribution in [0.5, 0.6) is 0 Å². The molecule has 0 saturated carbocycles. The topological polar surface area (TPSA) is 52.6 Å². The van der Waals surface area contributed by atoms with Crippen LogP contribution < -0.4 is 0 Å². The zero-order valence-electron chi connectivity index (χ0n) is 8.49. The minimum absolute atomic E-state index is 0.143. The molecule has 0 aromatic heterocycles. The first-order valence-corrected chi connectivity index (χ1v) is 6.06. The number of allylic oxidation sites excluding steroid dienone is 1. The quantitative estimate of drug-likeness (QED) is 0.539. The van der Waals surface area contributed by atoms with Crippen molar-refractivity contribution in [3.63, 3.8) is 0 Å². The number of carbonyl (C=O) groups excluding carboxylic acids is 1. The Hall–Kier alpha value is -0.440. The molecular weight excluding hydrogens is 203 g/mol. The molecule has 4 nitrogen and oxygen atoms in total. The second-order valence-electron chi connectivity index (χ2n) is 3.75. The van der Waals surface area contributed by atoms with E-state index in [1.807, 2.05) is 13.8 Å². The highest BCUT2D eigenvalue weighted by Crippen LogP contribution is 2.55. The molecule has 0 amide bonds. The Balaban J connectivity index is 2.71. The first-order chi connectivity index (χ1) is 6.46. The lowest BCUT2D eigenvalue weighted by atomic mass is 9.90. The van der Waals surface area contributed by atoms with Crippen LogP contribution in [0.3, 0.4) is 0 Å². The Morgan fingerprint density at radius 1 is 1.57 bits per heavy atom. The van der Waals surface area contributed by atoms with E-state index >= 15 is 0 Å². The lowest BCUT2D eigenvalue weighted by molar-refractivity contribution is -0.111. The molecule has 1 saturated heterocycles. The maximum absolute atomic E-state index is 11.7. The molecule has 0 aromatic carbocycles. The highest BCUT2D eigenvalue weighted by molar-refractivity contribution is 7.72. The molecule has 1 aliphatic rings. The van der Waals surface area contributed by atoms with Gasteiger partial charge in [0.25, 0.3) is 5.52 Å². The van der Waals surface area contributed by atoms with Crippen molar-refractivity contribution >= 4 is 13.1 Å². The van der Waals surface area contributed by atoms with Gasteiger partial charge < -0.3 is 9.05 Å². The minimum atomic E-state index is -3.55. The van der Waals surface area contributed by atoms with E-state index in [0.717, 1.165) is 12.5 Å². The van der Waals surface area contributed by atoms with Crippen LogP contribution >= 0.6 is 7.60 Å². The third-order valence-electron chi connectivity index (χ3n) is 2.46. The standard InChI is InChI=1S/C9H15O4P/c1-4-8(10)14(11)12-6-9(3,5-2)7-13-14/h4H,1,5-7H2,2-3H3. The summed E-state index contributed by atoms with van der Waals surface area (Å²) in [5, 5.41) is 0. The Morgan fingerprint density at radius 3 is 2.43 bits per heavy atom. The first-order valence-electron chi connectivity index (χ1n) is 4.52. The number of carbonyl (C=O) groups is 1. The number of hydrogen-bond acceptors (Lipinski definition) is 4. The van der Waals surface area contributed by atoms with Crippen LogP contribution in [0.25, 0.3) is 0 Å². The van der Waals surface area contributed by atoms with E-state index in [2.05, 4.69) is 6.58 Å². The van der Waals surface area contributed by atoms with E-state index in [1.165, 1.54) is 0 Å². The molecule has 1 aliphatic heterocycles. The van der Waals surface area contributed by atoms with Gasteiger partial charge in [0.1, 0.15) is 0 Å². The second kappa shape index (κ2) is 3.97. The van der Waals surface area contributed by atoms with Crippen LogP contribution in [0.15, 0.2) is 12.7 Å². The monoisotopic (exact) mass is 218 g/mol. The summed E-state index contributed by atoms with van der Waals surface area (Å²) in [5.41, 5.74) is -0.800. The summed E-state index contributed by atoms with van der Waals surface area (Å²) in [6.07, 6.45) is 1.84. The average Bonchev–Trinajstić information content (AvgIpc) is 2.22. The van der Waals surface area contributed by atoms with Crippen LogP contribution in [0.4, 0.5) is 0 Å². The van der Waals surface area contributed by atoms with Crippen molar-refractivity contribution in [1.82, 2.24) is 0 Å². The van der Waals surface area contributed by atoms with Crippen LogP contribution in [-0.2, 0) is 18.4 Å². The number of rotatable bonds is 3. The highest BCUT2D eigenvalue weighted by atomic mass is 31.2. The maximum Gasteiger partial charge on any atom is 0.401 e. The van der Waals surface area contributed by atoms with Crippen molar-refractivity contribution in [2.75, 3.05) is 13.2 Å². The summed E-state index contributed by atoms with van der Waals surface area (Å²) in [5.74, 6) is 0. The van der Waals surface area contributed by atoms with Gasteiger partial charge in [-0.15, -0.1) is 0 Å². The first kappa shape index (κ1) is 11.6. The molecule has 0 N–H and O–H groups in total. The molecule has 0 bridgehead atoms. The third kappa shape index (κ3) is 2.14. The smallest absolute Gasteiger partial charge is 0.302 e. The Labute approximate surface area is 83.8 Å². The normalized spacial score (nSPS) is 37.9. The van der Waals surface area contributed by atoms with Crippen LogP contribution in [-0.4, -0.2) is 18.7 Å². The van der Waals surface area contributed by atoms with E-state index in [1.54, 1.807) is 0 Å². The molecule has 80 valence electrons. The van der Waals surface area contributed by atoms with Crippen molar-refractivity contribution in [2.24, 2.45) is 5.41 Å². The van der Waals surface area contributed by atoms with E-state index in [-0.39, 0.29) is 5.41 Å². The third-order valence-corrected chi connectivity index (χ3v) is 4.12. The Kier molecular flexibility index (Phi) is 3.30. The lowest BCUT2D eigenvalue weighted by Crippen LogP contribution is -2.33. The minimum Gasteiger partial charge on any atom is -0.302 e. The second-order valence-corrected chi connectivity index (χ2v) is 5.70. The Morgan fingerprint density at radius 2 is 2.07 bits per heavy atom. The van der Waals surface area contributed by atoms with Gasteiger partial charge in [-0.3, -0.25) is 9.36 Å². The summed E-state index contributed by atoms with van der Waals surface area (Å²) in [6.45, 7) is 7.81. The zero-order valence-corrected chi connectivity index (χ0v) is 9.38. The number of hydrogen-bond donors (Lipinski definition) is 0. The van der Waals surface area contributed by atoms with Gasteiger partial charge in [0.05, 0.1) is 13.2 Å². The molecule has 14 heavy (non-hydrogen) atoms. The summed E-state index contributed by atoms with van der Waals surface area (Å²) in [4.78, 5) is 11.2. The van der Waals surface area contributed by atoms with E-state index < -0.39 is 13.1 Å². The molecule has 1 rings (SSSR count). The van der Waals surface area contributed by atoms with Crippen LogP contribution in [0, 0.1) is 5.41 Å². The highest BCUT2D eigenvalue weighted by Gasteiger charge is 2.42. The van der Waals surface area contributed by atoms with Gasteiger partial charge in [-0.2, -0.15) is 0 Å². The fourth-order valence-corrected chi connectivity index (χ4v) is 2.52. The molecule has 1 fully saturated rings. The molecule has 5 heteroatoms. The van der Waals surface area contributed by atoms with Gasteiger partial charge in [0, 0.05) is 5.41 Å². The average molecular weight is 218 g/mol. The molecule has 1 heterocycles. The SMILES string of the molecule is C=CC(=O)P1(=O)OCC(C)(CC)CO1. The predicted molar refractivity (Wildman–Crippen MR) is 53.1 cm³/mol. The molecule has 0 aliphatic carbocycles.